The Morgan fingerprint density at radius 1 is 1.59 bits per heavy atom. The zero-order chi connectivity index (χ0) is 12.5. The molecule has 3 nitrogen and oxygen atoms in total. The number of nitrogens with one attached hydrogen (secondary N) is 1. The van der Waals surface area contributed by atoms with Gasteiger partial charge in [0.25, 0.3) is 5.91 Å². The molecule has 1 aromatic heterocycles. The highest BCUT2D eigenvalue weighted by Crippen LogP contribution is 2.31. The summed E-state index contributed by atoms with van der Waals surface area (Å²) in [5.41, 5.74) is 0.745. The van der Waals surface area contributed by atoms with Crippen molar-refractivity contribution in [3.05, 3.63) is 21.4 Å². The van der Waals surface area contributed by atoms with E-state index in [1.165, 1.54) is 10.4 Å². The maximum Gasteiger partial charge on any atom is 0.261 e. The maximum absolute atomic E-state index is 12.0. The van der Waals surface area contributed by atoms with Crippen molar-refractivity contribution < 1.29 is 9.90 Å². The van der Waals surface area contributed by atoms with Crippen LogP contribution >= 0.6 is 23.1 Å². The average Bonchev–Trinajstić information content (AvgIpc) is 2.72. The molecule has 0 spiro atoms. The molecule has 0 fully saturated rings. The molecule has 0 atom stereocenters. The summed E-state index contributed by atoms with van der Waals surface area (Å²) in [6.45, 7) is 3.57. The average molecular weight is 271 g/mol. The molecule has 94 valence electrons. The van der Waals surface area contributed by atoms with Gasteiger partial charge in [-0.2, -0.15) is 11.8 Å². The second kappa shape index (κ2) is 5.00. The Kier molecular flexibility index (Phi) is 3.80. The molecule has 0 bridgehead atoms. The van der Waals surface area contributed by atoms with Crippen molar-refractivity contribution in [1.29, 1.82) is 0 Å². The van der Waals surface area contributed by atoms with Crippen molar-refractivity contribution in [3.63, 3.8) is 0 Å². The molecule has 1 aliphatic heterocycles. The van der Waals surface area contributed by atoms with Crippen molar-refractivity contribution >= 4 is 29.0 Å². The molecule has 0 aliphatic carbocycles. The molecule has 2 rings (SSSR count). The summed E-state index contributed by atoms with van der Waals surface area (Å²) in [6.07, 6.45) is 1.07. The van der Waals surface area contributed by atoms with Gasteiger partial charge in [-0.25, -0.2) is 0 Å². The van der Waals surface area contributed by atoms with Crippen molar-refractivity contribution in [1.82, 2.24) is 5.32 Å². The minimum Gasteiger partial charge on any atom is -0.394 e. The lowest BCUT2D eigenvalue weighted by atomic mass is 10.1. The van der Waals surface area contributed by atoms with Gasteiger partial charge in [0.15, 0.2) is 0 Å². The predicted octanol–water partition coefficient (Wildman–Crippen LogP) is 2.04. The second-order valence-corrected chi connectivity index (χ2v) is 7.10. The molecule has 0 aromatic carbocycles. The third kappa shape index (κ3) is 3.03. The van der Waals surface area contributed by atoms with E-state index < -0.39 is 5.54 Å². The first-order valence-corrected chi connectivity index (χ1v) is 7.62. The van der Waals surface area contributed by atoms with Gasteiger partial charge in [0.05, 0.1) is 17.0 Å². The number of aryl methyl sites for hydroxylation is 1. The van der Waals surface area contributed by atoms with E-state index in [1.54, 1.807) is 11.3 Å². The molecule has 1 aliphatic rings. The number of carbonyl (C=O) groups is 1. The molecular weight excluding hydrogens is 254 g/mol. The fourth-order valence-electron chi connectivity index (χ4n) is 1.67. The van der Waals surface area contributed by atoms with Crippen LogP contribution in [0.15, 0.2) is 6.07 Å². The Morgan fingerprint density at radius 2 is 2.35 bits per heavy atom. The van der Waals surface area contributed by atoms with Crippen LogP contribution in [0, 0.1) is 0 Å². The van der Waals surface area contributed by atoms with Crippen molar-refractivity contribution in [2.45, 2.75) is 31.6 Å². The summed E-state index contributed by atoms with van der Waals surface area (Å²) in [7, 11) is 0. The van der Waals surface area contributed by atoms with Gasteiger partial charge in [-0.15, -0.1) is 11.3 Å². The number of rotatable bonds is 3. The van der Waals surface area contributed by atoms with E-state index in [0.29, 0.717) is 0 Å². The van der Waals surface area contributed by atoms with Crippen LogP contribution in [0.25, 0.3) is 0 Å². The smallest absolute Gasteiger partial charge is 0.261 e. The molecule has 0 saturated heterocycles. The Bertz CT molecular complexity index is 403. The molecule has 5 heteroatoms. The Morgan fingerprint density at radius 3 is 3.00 bits per heavy atom. The Hall–Kier alpha value is -0.520. The quantitative estimate of drug-likeness (QED) is 0.884. The maximum atomic E-state index is 12.0. The summed E-state index contributed by atoms with van der Waals surface area (Å²) in [6, 6.07) is 1.99. The van der Waals surface area contributed by atoms with Crippen LogP contribution in [-0.4, -0.2) is 28.9 Å². The van der Waals surface area contributed by atoms with Crippen molar-refractivity contribution in [3.8, 4) is 0 Å². The largest absolute Gasteiger partial charge is 0.394 e. The third-order valence-electron chi connectivity index (χ3n) is 2.70. The molecule has 2 heterocycles. The van der Waals surface area contributed by atoms with Gasteiger partial charge in [-0.3, -0.25) is 4.79 Å². The first-order chi connectivity index (χ1) is 8.02. The monoisotopic (exact) mass is 271 g/mol. The normalized spacial score (nSPS) is 15.5. The van der Waals surface area contributed by atoms with Gasteiger partial charge in [0, 0.05) is 10.6 Å². The number of thiophene rings is 1. The highest BCUT2D eigenvalue weighted by molar-refractivity contribution is 7.98. The highest BCUT2D eigenvalue weighted by Gasteiger charge is 2.23. The van der Waals surface area contributed by atoms with Crippen molar-refractivity contribution in [2.24, 2.45) is 0 Å². The minimum atomic E-state index is -0.559. The van der Waals surface area contributed by atoms with Gasteiger partial charge >= 0.3 is 0 Å². The van der Waals surface area contributed by atoms with Crippen LogP contribution < -0.4 is 5.32 Å². The molecule has 0 radical (unpaired) electrons. The van der Waals surface area contributed by atoms with Gasteiger partial charge in [0.2, 0.25) is 0 Å². The van der Waals surface area contributed by atoms with Crippen LogP contribution in [0.4, 0.5) is 0 Å². The number of hydrogen-bond acceptors (Lipinski definition) is 4. The first kappa shape index (κ1) is 12.9. The lowest BCUT2D eigenvalue weighted by molar-refractivity contribution is 0.0873. The summed E-state index contributed by atoms with van der Waals surface area (Å²) in [5, 5.41) is 12.0. The summed E-state index contributed by atoms with van der Waals surface area (Å²) < 4.78 is 0. The van der Waals surface area contributed by atoms with E-state index >= 15 is 0 Å². The topological polar surface area (TPSA) is 49.3 Å². The SMILES string of the molecule is CC(C)(CO)NC(=O)c1cc2c(s1)CCSC2. The number of fused-ring (bicyclic) bond motifs is 1. The molecule has 1 aromatic rings. The summed E-state index contributed by atoms with van der Waals surface area (Å²) in [4.78, 5) is 14.1. The van der Waals surface area contributed by atoms with Gasteiger partial charge < -0.3 is 10.4 Å². The number of aliphatic hydroxyl groups excluding tert-OH is 1. The van der Waals surface area contributed by atoms with E-state index in [4.69, 9.17) is 5.11 Å². The number of hydrogen-bond donors (Lipinski definition) is 2. The number of carbonyl (C=O) groups excluding carboxylic acids is 1. The molecule has 1 amide bonds. The fourth-order valence-corrected chi connectivity index (χ4v) is 3.94. The van der Waals surface area contributed by atoms with E-state index in [1.807, 2.05) is 31.7 Å². The number of amides is 1. The number of aliphatic hydroxyl groups is 1. The van der Waals surface area contributed by atoms with Gasteiger partial charge in [-0.1, -0.05) is 0 Å². The van der Waals surface area contributed by atoms with E-state index in [2.05, 4.69) is 5.32 Å². The Labute approximate surface area is 110 Å². The lowest BCUT2D eigenvalue weighted by Gasteiger charge is -2.22. The molecular formula is C12H17NO2S2. The van der Waals surface area contributed by atoms with Gasteiger partial charge in [0.1, 0.15) is 0 Å². The Balaban J connectivity index is 2.12. The van der Waals surface area contributed by atoms with Crippen LogP contribution in [0.3, 0.4) is 0 Å². The van der Waals surface area contributed by atoms with Crippen molar-refractivity contribution in [2.75, 3.05) is 12.4 Å². The van der Waals surface area contributed by atoms with E-state index in [-0.39, 0.29) is 12.5 Å². The fraction of sp³-hybridized carbons (Fsp3) is 0.583. The number of thioether (sulfide) groups is 1. The third-order valence-corrected chi connectivity index (χ3v) is 4.94. The molecule has 2 N–H and O–H groups in total. The zero-order valence-electron chi connectivity index (χ0n) is 10.1. The zero-order valence-corrected chi connectivity index (χ0v) is 11.7. The van der Waals surface area contributed by atoms with E-state index in [9.17, 15) is 4.79 Å². The molecule has 0 unspecified atom stereocenters. The molecule has 17 heavy (non-hydrogen) atoms. The lowest BCUT2D eigenvalue weighted by Crippen LogP contribution is -2.46. The minimum absolute atomic E-state index is 0.0559. The van der Waals surface area contributed by atoms with Crippen LogP contribution in [0.2, 0.25) is 0 Å². The first-order valence-electron chi connectivity index (χ1n) is 5.64. The second-order valence-electron chi connectivity index (χ2n) is 4.86. The standard InChI is InChI=1S/C12H17NO2S2/c1-12(2,7-14)13-11(15)10-5-8-6-16-4-3-9(8)17-10/h5,14H,3-4,6-7H2,1-2H3,(H,13,15). The van der Waals surface area contributed by atoms with Crippen LogP contribution in [-0.2, 0) is 12.2 Å². The van der Waals surface area contributed by atoms with Gasteiger partial charge in [-0.05, 0) is 37.7 Å². The highest BCUT2D eigenvalue weighted by atomic mass is 32.2. The summed E-state index contributed by atoms with van der Waals surface area (Å²) in [5.74, 6) is 2.09. The van der Waals surface area contributed by atoms with E-state index in [0.717, 1.165) is 22.8 Å². The molecule has 0 saturated carbocycles. The van der Waals surface area contributed by atoms with Crippen LogP contribution in [0.5, 0.6) is 0 Å². The van der Waals surface area contributed by atoms with Crippen LogP contribution in [0.1, 0.15) is 34.0 Å². The predicted molar refractivity (Wildman–Crippen MR) is 72.8 cm³/mol. The summed E-state index contributed by atoms with van der Waals surface area (Å²) >= 11 is 3.50.